The van der Waals surface area contributed by atoms with Crippen LogP contribution in [0.3, 0.4) is 0 Å². The fourth-order valence-corrected chi connectivity index (χ4v) is 11.3. The Labute approximate surface area is 257 Å². The average molecular weight is 564 g/mol. The number of hydrogen-bond acceptors (Lipinski definition) is 1. The lowest BCUT2D eigenvalue weighted by atomic mass is 9.56. The van der Waals surface area contributed by atoms with E-state index in [0.29, 0.717) is 6.04 Å². The van der Waals surface area contributed by atoms with E-state index in [1.165, 1.54) is 94.7 Å². The molecule has 7 rings (SSSR count). The number of hydrogen-bond donors (Lipinski definition) is 0. The fraction of sp³-hybridized carbons (Fsp3) is 0.659. The molecular formula is C41H57N. The molecule has 42 heavy (non-hydrogen) atoms. The van der Waals surface area contributed by atoms with Crippen molar-refractivity contribution in [1.82, 2.24) is 4.90 Å². The van der Waals surface area contributed by atoms with E-state index in [2.05, 4.69) is 86.2 Å². The first-order valence-corrected chi connectivity index (χ1v) is 18.1. The highest BCUT2D eigenvalue weighted by Crippen LogP contribution is 2.53. The number of allylic oxidation sites excluding steroid dienone is 10. The second kappa shape index (κ2) is 12.5. The second-order valence-corrected chi connectivity index (χ2v) is 15.4. The van der Waals surface area contributed by atoms with Gasteiger partial charge in [-0.3, -0.25) is 0 Å². The third kappa shape index (κ3) is 5.41. The molecule has 0 aromatic heterocycles. The number of fused-ring (bicyclic) bond motifs is 2. The number of nitrogens with zero attached hydrogens (tertiary/aromatic N) is 1. The van der Waals surface area contributed by atoms with Crippen LogP contribution in [0.15, 0.2) is 84.7 Å². The SMILES string of the molecule is C=C/C(=C\C)C1=CC(C2CCC(C3C=CC(C4CCC(C5CCC6C=CC=CC6C5)CC4)CC3)C3CCC=CC32)N1C. The van der Waals surface area contributed by atoms with Crippen molar-refractivity contribution in [3.63, 3.8) is 0 Å². The molecule has 10 unspecified atom stereocenters. The predicted octanol–water partition coefficient (Wildman–Crippen LogP) is 10.5. The minimum Gasteiger partial charge on any atom is -0.367 e. The van der Waals surface area contributed by atoms with Gasteiger partial charge in [0.05, 0.1) is 6.04 Å². The van der Waals surface area contributed by atoms with Gasteiger partial charge in [0.25, 0.3) is 0 Å². The van der Waals surface area contributed by atoms with Crippen LogP contribution < -0.4 is 0 Å². The van der Waals surface area contributed by atoms with Gasteiger partial charge in [0.15, 0.2) is 0 Å². The Kier molecular flexibility index (Phi) is 8.57. The van der Waals surface area contributed by atoms with Gasteiger partial charge in [-0.25, -0.2) is 0 Å². The van der Waals surface area contributed by atoms with Crippen LogP contribution in [0.1, 0.15) is 90.4 Å². The van der Waals surface area contributed by atoms with Gasteiger partial charge < -0.3 is 4.90 Å². The van der Waals surface area contributed by atoms with Crippen LogP contribution in [-0.4, -0.2) is 18.0 Å². The Bertz CT molecular complexity index is 1150. The molecule has 1 aliphatic heterocycles. The molecule has 0 aromatic rings. The van der Waals surface area contributed by atoms with Crippen LogP contribution in [0, 0.1) is 65.1 Å². The highest BCUT2D eigenvalue weighted by molar-refractivity contribution is 5.44. The summed E-state index contributed by atoms with van der Waals surface area (Å²) in [5.41, 5.74) is 2.67. The van der Waals surface area contributed by atoms with Crippen LogP contribution in [0.25, 0.3) is 0 Å². The third-order valence-corrected chi connectivity index (χ3v) is 13.7. The summed E-state index contributed by atoms with van der Waals surface area (Å²) in [5.74, 6) is 9.65. The first kappa shape index (κ1) is 28.7. The Hall–Kier alpha value is -2.02. The maximum Gasteiger partial charge on any atom is 0.0526 e. The van der Waals surface area contributed by atoms with Crippen molar-refractivity contribution >= 4 is 0 Å². The molecule has 6 aliphatic carbocycles. The van der Waals surface area contributed by atoms with Gasteiger partial charge >= 0.3 is 0 Å². The Morgan fingerprint density at radius 3 is 2.12 bits per heavy atom. The van der Waals surface area contributed by atoms with Crippen molar-refractivity contribution in [2.24, 2.45) is 65.1 Å². The molecule has 3 saturated carbocycles. The maximum atomic E-state index is 4.05. The second-order valence-electron chi connectivity index (χ2n) is 15.4. The van der Waals surface area contributed by atoms with Crippen molar-refractivity contribution in [3.8, 4) is 0 Å². The molecule has 0 saturated heterocycles. The van der Waals surface area contributed by atoms with Gasteiger partial charge in [-0.05, 0) is 167 Å². The normalized spacial score (nSPS) is 45.0. The first-order valence-electron chi connectivity index (χ1n) is 18.1. The molecule has 0 spiro atoms. The van der Waals surface area contributed by atoms with Crippen LogP contribution in [-0.2, 0) is 0 Å². The van der Waals surface area contributed by atoms with Crippen LogP contribution in [0.4, 0.5) is 0 Å². The molecule has 7 aliphatic rings. The minimum atomic E-state index is 0.596. The van der Waals surface area contributed by atoms with E-state index in [0.717, 1.165) is 65.1 Å². The standard InChI is InChI=1S/C41H57N/c1-4-28(5-2)40-27-41(42(40)3)39-25-24-36(37-12-8-9-13-38(37)39)33-21-18-31(19-22-33)30-14-16-32(17-15-30)35-23-20-29-10-6-7-11-34(29)26-35/h4-7,9-11,13,18,21,27,29-39,41H,1,8,12,14-17,19-20,22-26H2,2-3H3/b28-5+. The predicted molar refractivity (Wildman–Crippen MR) is 179 cm³/mol. The van der Waals surface area contributed by atoms with E-state index >= 15 is 0 Å². The van der Waals surface area contributed by atoms with Gasteiger partial charge in [-0.2, -0.15) is 0 Å². The molecule has 1 heteroatoms. The molecule has 0 N–H and O–H groups in total. The molecule has 10 atom stereocenters. The molecule has 0 aromatic carbocycles. The topological polar surface area (TPSA) is 3.24 Å². The van der Waals surface area contributed by atoms with E-state index < -0.39 is 0 Å². The molecule has 0 amide bonds. The molecule has 3 fully saturated rings. The molecule has 1 nitrogen and oxygen atoms in total. The van der Waals surface area contributed by atoms with Crippen molar-refractivity contribution in [3.05, 3.63) is 84.7 Å². The summed E-state index contributed by atoms with van der Waals surface area (Å²) in [4.78, 5) is 2.55. The minimum absolute atomic E-state index is 0.596. The lowest BCUT2D eigenvalue weighted by molar-refractivity contribution is 0.0370. The van der Waals surface area contributed by atoms with E-state index in [4.69, 9.17) is 0 Å². The molecule has 0 bridgehead atoms. The summed E-state index contributed by atoms with van der Waals surface area (Å²) in [7, 11) is 2.31. The fourth-order valence-electron chi connectivity index (χ4n) is 11.3. The van der Waals surface area contributed by atoms with Gasteiger partial charge in [-0.15, -0.1) is 0 Å². The van der Waals surface area contributed by atoms with E-state index in [1.54, 1.807) is 0 Å². The third-order valence-electron chi connectivity index (χ3n) is 13.7. The highest BCUT2D eigenvalue weighted by atomic mass is 15.2. The molecular weight excluding hydrogens is 506 g/mol. The van der Waals surface area contributed by atoms with Crippen molar-refractivity contribution in [2.75, 3.05) is 7.05 Å². The summed E-state index contributed by atoms with van der Waals surface area (Å²) in [6, 6.07) is 0.596. The summed E-state index contributed by atoms with van der Waals surface area (Å²) in [6.07, 6.45) is 45.9. The lowest BCUT2D eigenvalue weighted by Gasteiger charge is -2.53. The largest absolute Gasteiger partial charge is 0.367 e. The van der Waals surface area contributed by atoms with E-state index in [-0.39, 0.29) is 0 Å². The van der Waals surface area contributed by atoms with Crippen molar-refractivity contribution in [1.29, 1.82) is 0 Å². The van der Waals surface area contributed by atoms with Gasteiger partial charge in [0, 0.05) is 12.7 Å². The monoisotopic (exact) mass is 563 g/mol. The van der Waals surface area contributed by atoms with Crippen LogP contribution in [0.5, 0.6) is 0 Å². The number of rotatable bonds is 6. The summed E-state index contributed by atoms with van der Waals surface area (Å²) in [6.45, 7) is 6.18. The summed E-state index contributed by atoms with van der Waals surface area (Å²) in [5, 5.41) is 0. The van der Waals surface area contributed by atoms with Crippen molar-refractivity contribution in [2.45, 2.75) is 96.4 Å². The van der Waals surface area contributed by atoms with Crippen molar-refractivity contribution < 1.29 is 0 Å². The highest BCUT2D eigenvalue weighted by Gasteiger charge is 2.47. The van der Waals surface area contributed by atoms with Crippen LogP contribution >= 0.6 is 0 Å². The summed E-state index contributed by atoms with van der Waals surface area (Å²) >= 11 is 0. The van der Waals surface area contributed by atoms with E-state index in [1.807, 2.05) is 6.08 Å². The van der Waals surface area contributed by atoms with E-state index in [9.17, 15) is 0 Å². The van der Waals surface area contributed by atoms with Crippen LogP contribution in [0.2, 0.25) is 0 Å². The Morgan fingerprint density at radius 2 is 1.38 bits per heavy atom. The first-order chi connectivity index (χ1) is 20.6. The maximum absolute atomic E-state index is 4.05. The average Bonchev–Trinajstić information content (AvgIpc) is 3.06. The number of likely N-dealkylation sites (N-methyl/N-ethyl adjacent to an activating group) is 1. The molecule has 1 heterocycles. The zero-order chi connectivity index (χ0) is 28.6. The molecule has 226 valence electrons. The van der Waals surface area contributed by atoms with Gasteiger partial charge in [0.1, 0.15) is 0 Å². The smallest absolute Gasteiger partial charge is 0.0526 e. The quantitative estimate of drug-likeness (QED) is 0.229. The lowest BCUT2D eigenvalue weighted by Crippen LogP contribution is -2.51. The Balaban J connectivity index is 0.936. The summed E-state index contributed by atoms with van der Waals surface area (Å²) < 4.78 is 0. The Morgan fingerprint density at radius 1 is 0.690 bits per heavy atom. The molecule has 0 radical (unpaired) electrons. The van der Waals surface area contributed by atoms with Gasteiger partial charge in [0.2, 0.25) is 0 Å². The zero-order valence-electron chi connectivity index (χ0n) is 26.6. The van der Waals surface area contributed by atoms with Gasteiger partial charge in [-0.1, -0.05) is 67.3 Å². The zero-order valence-corrected chi connectivity index (χ0v) is 26.6.